The van der Waals surface area contributed by atoms with Crippen LogP contribution in [0.3, 0.4) is 0 Å². The van der Waals surface area contributed by atoms with E-state index >= 15 is 0 Å². The molecule has 0 fully saturated rings. The maximum absolute atomic E-state index is 12.1. The number of rotatable bonds is 3. The van der Waals surface area contributed by atoms with Gasteiger partial charge in [-0.1, -0.05) is 59.7 Å². The lowest BCUT2D eigenvalue weighted by Crippen LogP contribution is -2.15. The molecule has 2 rings (SSSR count). The zero-order chi connectivity index (χ0) is 13.8. The molecule has 0 aliphatic heterocycles. The second-order valence-electron chi connectivity index (χ2n) is 4.78. The number of carbonyl (C=O) groups excluding carboxylic acids is 1. The molecule has 0 heterocycles. The summed E-state index contributed by atoms with van der Waals surface area (Å²) in [6.07, 6.45) is 0. The van der Waals surface area contributed by atoms with E-state index in [0.29, 0.717) is 0 Å². The van der Waals surface area contributed by atoms with E-state index in [2.05, 4.69) is 0 Å². The van der Waals surface area contributed by atoms with Crippen molar-refractivity contribution in [2.75, 3.05) is 7.11 Å². The van der Waals surface area contributed by atoms with Gasteiger partial charge in [-0.25, -0.2) is 0 Å². The fraction of sp³-hybridized carbons (Fsp3) is 0.235. The summed E-state index contributed by atoms with van der Waals surface area (Å²) in [5.74, 6) is -0.584. The van der Waals surface area contributed by atoms with Gasteiger partial charge in [0.05, 0.1) is 7.11 Å². The van der Waals surface area contributed by atoms with Gasteiger partial charge in [0.2, 0.25) is 0 Å². The molecule has 0 amide bonds. The number of hydrogen-bond donors (Lipinski definition) is 0. The predicted molar refractivity (Wildman–Crippen MR) is 76.2 cm³/mol. The van der Waals surface area contributed by atoms with Crippen LogP contribution < -0.4 is 0 Å². The van der Waals surface area contributed by atoms with Crippen molar-refractivity contribution in [2.24, 2.45) is 0 Å². The molecule has 0 aliphatic rings. The average Bonchev–Trinajstić information content (AvgIpc) is 2.43. The first-order valence-electron chi connectivity index (χ1n) is 6.33. The third-order valence-corrected chi connectivity index (χ3v) is 3.26. The Morgan fingerprint density at radius 1 is 0.842 bits per heavy atom. The van der Waals surface area contributed by atoms with Crippen LogP contribution in [0.5, 0.6) is 0 Å². The highest BCUT2D eigenvalue weighted by Crippen LogP contribution is 2.26. The Balaban J connectivity index is 2.44. The first-order chi connectivity index (χ1) is 9.11. The van der Waals surface area contributed by atoms with E-state index in [0.717, 1.165) is 11.1 Å². The summed E-state index contributed by atoms with van der Waals surface area (Å²) in [4.78, 5) is 12.1. The molecule has 0 aromatic heterocycles. The molecule has 0 atom stereocenters. The molecule has 2 heteroatoms. The van der Waals surface area contributed by atoms with Crippen LogP contribution in [0.2, 0.25) is 0 Å². The molecule has 0 saturated heterocycles. The van der Waals surface area contributed by atoms with Crippen molar-refractivity contribution in [1.29, 1.82) is 0 Å². The topological polar surface area (TPSA) is 26.3 Å². The minimum Gasteiger partial charge on any atom is -0.468 e. The second kappa shape index (κ2) is 5.70. The highest BCUT2D eigenvalue weighted by molar-refractivity contribution is 5.82. The van der Waals surface area contributed by atoms with Gasteiger partial charge in [0.15, 0.2) is 0 Å². The Morgan fingerprint density at radius 3 is 1.53 bits per heavy atom. The minimum absolute atomic E-state index is 0.229. The molecule has 0 saturated carbocycles. The van der Waals surface area contributed by atoms with Gasteiger partial charge in [-0.05, 0) is 25.0 Å². The van der Waals surface area contributed by atoms with Crippen molar-refractivity contribution in [3.05, 3.63) is 70.8 Å². The summed E-state index contributed by atoms with van der Waals surface area (Å²) in [6.45, 7) is 4.06. The van der Waals surface area contributed by atoms with Gasteiger partial charge in [-0.2, -0.15) is 0 Å². The Kier molecular flexibility index (Phi) is 4.00. The maximum Gasteiger partial charge on any atom is 0.317 e. The number of hydrogen-bond acceptors (Lipinski definition) is 2. The molecule has 0 radical (unpaired) electrons. The molecule has 2 aromatic rings. The highest BCUT2D eigenvalue weighted by atomic mass is 16.5. The molecule has 2 aromatic carbocycles. The van der Waals surface area contributed by atoms with Crippen molar-refractivity contribution in [2.45, 2.75) is 19.8 Å². The van der Waals surface area contributed by atoms with Crippen LogP contribution in [0.25, 0.3) is 0 Å². The van der Waals surface area contributed by atoms with E-state index < -0.39 is 0 Å². The van der Waals surface area contributed by atoms with E-state index in [9.17, 15) is 4.79 Å². The summed E-state index contributed by atoms with van der Waals surface area (Å²) in [5, 5.41) is 0. The SMILES string of the molecule is COC(=O)C(c1ccc(C)cc1)c1ccc(C)cc1. The smallest absolute Gasteiger partial charge is 0.317 e. The van der Waals surface area contributed by atoms with Crippen molar-refractivity contribution in [3.8, 4) is 0 Å². The molecule has 0 spiro atoms. The first-order valence-corrected chi connectivity index (χ1v) is 6.33. The molecule has 0 aliphatic carbocycles. The normalized spacial score (nSPS) is 10.5. The first kappa shape index (κ1) is 13.3. The number of aryl methyl sites for hydroxylation is 2. The summed E-state index contributed by atoms with van der Waals surface area (Å²) in [6, 6.07) is 16.0. The molecule has 0 N–H and O–H groups in total. The van der Waals surface area contributed by atoms with Crippen LogP contribution in [0.1, 0.15) is 28.2 Å². The van der Waals surface area contributed by atoms with E-state index in [-0.39, 0.29) is 11.9 Å². The van der Waals surface area contributed by atoms with Crippen LogP contribution >= 0.6 is 0 Å². The molecule has 2 nitrogen and oxygen atoms in total. The molecule has 98 valence electrons. The number of methoxy groups -OCH3 is 1. The Morgan fingerprint density at radius 2 is 1.21 bits per heavy atom. The van der Waals surface area contributed by atoms with E-state index in [1.807, 2.05) is 62.4 Å². The van der Waals surface area contributed by atoms with Crippen LogP contribution in [0.4, 0.5) is 0 Å². The van der Waals surface area contributed by atoms with Crippen LogP contribution in [0.15, 0.2) is 48.5 Å². The molecule has 0 bridgehead atoms. The second-order valence-corrected chi connectivity index (χ2v) is 4.78. The van der Waals surface area contributed by atoms with Gasteiger partial charge in [-0.3, -0.25) is 4.79 Å². The summed E-state index contributed by atoms with van der Waals surface area (Å²) in [5.41, 5.74) is 4.27. The van der Waals surface area contributed by atoms with E-state index in [4.69, 9.17) is 4.74 Å². The van der Waals surface area contributed by atoms with Crippen molar-refractivity contribution < 1.29 is 9.53 Å². The number of esters is 1. The number of benzene rings is 2. The van der Waals surface area contributed by atoms with Gasteiger partial charge in [0.25, 0.3) is 0 Å². The summed E-state index contributed by atoms with van der Waals surface area (Å²) < 4.78 is 4.94. The fourth-order valence-electron chi connectivity index (χ4n) is 2.10. The maximum atomic E-state index is 12.1. The van der Waals surface area contributed by atoms with Crippen LogP contribution in [-0.2, 0) is 9.53 Å². The molecular weight excluding hydrogens is 236 g/mol. The van der Waals surface area contributed by atoms with Crippen molar-refractivity contribution >= 4 is 5.97 Å². The monoisotopic (exact) mass is 254 g/mol. The quantitative estimate of drug-likeness (QED) is 0.782. The van der Waals surface area contributed by atoms with E-state index in [1.165, 1.54) is 18.2 Å². The average molecular weight is 254 g/mol. The third-order valence-electron chi connectivity index (χ3n) is 3.26. The highest BCUT2D eigenvalue weighted by Gasteiger charge is 2.23. The zero-order valence-corrected chi connectivity index (χ0v) is 11.5. The minimum atomic E-state index is -0.355. The summed E-state index contributed by atoms with van der Waals surface area (Å²) in [7, 11) is 1.43. The van der Waals surface area contributed by atoms with Crippen LogP contribution in [-0.4, -0.2) is 13.1 Å². The number of ether oxygens (including phenoxy) is 1. The standard InChI is InChI=1S/C17H18O2/c1-12-4-8-14(9-5-12)16(17(18)19-3)15-10-6-13(2)7-11-15/h4-11,16H,1-3H3. The van der Waals surface area contributed by atoms with Gasteiger partial charge in [-0.15, -0.1) is 0 Å². The Bertz CT molecular complexity index is 507. The fourth-order valence-corrected chi connectivity index (χ4v) is 2.10. The lowest BCUT2D eigenvalue weighted by molar-refractivity contribution is -0.141. The third kappa shape index (κ3) is 3.02. The van der Waals surface area contributed by atoms with Gasteiger partial charge < -0.3 is 4.74 Å². The number of carbonyl (C=O) groups is 1. The van der Waals surface area contributed by atoms with Crippen LogP contribution in [0, 0.1) is 13.8 Å². The van der Waals surface area contributed by atoms with Crippen molar-refractivity contribution in [3.63, 3.8) is 0 Å². The lowest BCUT2D eigenvalue weighted by atomic mass is 9.90. The largest absolute Gasteiger partial charge is 0.468 e. The zero-order valence-electron chi connectivity index (χ0n) is 11.5. The van der Waals surface area contributed by atoms with E-state index in [1.54, 1.807) is 0 Å². The molecule has 0 unspecified atom stereocenters. The molecular formula is C17H18O2. The predicted octanol–water partition coefficient (Wildman–Crippen LogP) is 3.61. The Hall–Kier alpha value is -2.09. The molecule has 19 heavy (non-hydrogen) atoms. The lowest BCUT2D eigenvalue weighted by Gasteiger charge is -2.16. The van der Waals surface area contributed by atoms with Crippen molar-refractivity contribution in [1.82, 2.24) is 0 Å². The Labute approximate surface area is 114 Å². The van der Waals surface area contributed by atoms with Gasteiger partial charge in [0.1, 0.15) is 5.92 Å². The van der Waals surface area contributed by atoms with Gasteiger partial charge >= 0.3 is 5.97 Å². The summed E-state index contributed by atoms with van der Waals surface area (Å²) >= 11 is 0. The van der Waals surface area contributed by atoms with Gasteiger partial charge in [0, 0.05) is 0 Å².